The number of anilines is 1. The number of benzene rings is 2. The van der Waals surface area contributed by atoms with E-state index < -0.39 is 22.8 Å². The molecule has 0 saturated heterocycles. The zero-order valence-electron chi connectivity index (χ0n) is 16.5. The highest BCUT2D eigenvalue weighted by Gasteiger charge is 2.20. The van der Waals surface area contributed by atoms with Gasteiger partial charge in [-0.25, -0.2) is 0 Å². The lowest BCUT2D eigenvalue weighted by molar-refractivity contribution is -0.385. The molecule has 1 aromatic heterocycles. The Morgan fingerprint density at radius 1 is 1.10 bits per heavy atom. The lowest BCUT2D eigenvalue weighted by Gasteiger charge is -2.13. The molecular formula is C20H19N5O4S. The summed E-state index contributed by atoms with van der Waals surface area (Å²) in [6.45, 7) is 5.08. The van der Waals surface area contributed by atoms with Crippen molar-refractivity contribution in [1.82, 2.24) is 15.5 Å². The van der Waals surface area contributed by atoms with Gasteiger partial charge in [0.25, 0.3) is 11.6 Å². The van der Waals surface area contributed by atoms with Gasteiger partial charge in [-0.3, -0.25) is 25.0 Å². The van der Waals surface area contributed by atoms with E-state index in [1.54, 1.807) is 6.92 Å². The van der Waals surface area contributed by atoms with Gasteiger partial charge in [-0.2, -0.15) is 0 Å². The quantitative estimate of drug-likeness (QED) is 0.460. The second kappa shape index (κ2) is 8.78. The minimum Gasteiger partial charge on any atom is -0.341 e. The Balaban J connectivity index is 1.64. The minimum atomic E-state index is -0.885. The van der Waals surface area contributed by atoms with Crippen molar-refractivity contribution in [2.75, 3.05) is 5.32 Å². The molecule has 1 unspecified atom stereocenters. The molecule has 3 rings (SSSR count). The van der Waals surface area contributed by atoms with Gasteiger partial charge in [-0.05, 0) is 26.8 Å². The third kappa shape index (κ3) is 4.84. The standard InChI is InChI=1S/C20H19N5O4S/c1-11-4-7-14(8-5-11)19-23-24-20(30-19)22-17(26)13(3)21-18(27)15-9-6-12(2)16(10-15)25(28)29/h4-10,13H,1-3H3,(H,21,27)(H,22,24,26). The number of carbonyl (C=O) groups excluding carboxylic acids is 2. The molecule has 0 fully saturated rings. The van der Waals surface area contributed by atoms with Crippen molar-refractivity contribution in [2.45, 2.75) is 26.8 Å². The highest BCUT2D eigenvalue weighted by Crippen LogP contribution is 2.26. The smallest absolute Gasteiger partial charge is 0.273 e. The third-order valence-corrected chi connectivity index (χ3v) is 5.25. The van der Waals surface area contributed by atoms with Crippen molar-refractivity contribution in [2.24, 2.45) is 0 Å². The summed E-state index contributed by atoms with van der Waals surface area (Å²) < 4.78 is 0. The summed E-state index contributed by atoms with van der Waals surface area (Å²) in [4.78, 5) is 35.3. The molecule has 1 heterocycles. The number of aromatic nitrogens is 2. The molecule has 0 spiro atoms. The summed E-state index contributed by atoms with van der Waals surface area (Å²) >= 11 is 1.22. The normalized spacial score (nSPS) is 11.6. The molecule has 9 nitrogen and oxygen atoms in total. The first kappa shape index (κ1) is 21.1. The van der Waals surface area contributed by atoms with Gasteiger partial charge >= 0.3 is 0 Å². The minimum absolute atomic E-state index is 0.101. The first-order valence-corrected chi connectivity index (χ1v) is 9.83. The van der Waals surface area contributed by atoms with E-state index in [0.29, 0.717) is 15.7 Å². The van der Waals surface area contributed by atoms with Crippen LogP contribution in [0.4, 0.5) is 10.8 Å². The zero-order valence-corrected chi connectivity index (χ0v) is 17.3. The van der Waals surface area contributed by atoms with Gasteiger partial charge in [0.05, 0.1) is 4.92 Å². The van der Waals surface area contributed by atoms with Crippen LogP contribution in [-0.2, 0) is 4.79 Å². The molecule has 0 aliphatic carbocycles. The Labute approximate surface area is 176 Å². The number of nitro groups is 1. The molecule has 0 saturated carbocycles. The molecule has 3 aromatic rings. The summed E-state index contributed by atoms with van der Waals surface area (Å²) in [5.74, 6) is -1.06. The number of nitrogens with one attached hydrogen (secondary N) is 2. The first-order valence-electron chi connectivity index (χ1n) is 9.02. The summed E-state index contributed by atoms with van der Waals surface area (Å²) in [7, 11) is 0. The SMILES string of the molecule is Cc1ccc(-c2nnc(NC(=O)C(C)NC(=O)c3ccc(C)c([N+](=O)[O-])c3)s2)cc1. The number of hydrogen-bond donors (Lipinski definition) is 2. The van der Waals surface area contributed by atoms with E-state index in [9.17, 15) is 19.7 Å². The van der Waals surface area contributed by atoms with Crippen LogP contribution in [0.15, 0.2) is 42.5 Å². The topological polar surface area (TPSA) is 127 Å². The molecule has 10 heteroatoms. The van der Waals surface area contributed by atoms with E-state index in [2.05, 4.69) is 20.8 Å². The van der Waals surface area contributed by atoms with Crippen molar-refractivity contribution >= 4 is 34.0 Å². The van der Waals surface area contributed by atoms with Gasteiger partial charge < -0.3 is 5.32 Å². The van der Waals surface area contributed by atoms with Crippen molar-refractivity contribution in [1.29, 1.82) is 0 Å². The zero-order chi connectivity index (χ0) is 21.8. The van der Waals surface area contributed by atoms with Crippen molar-refractivity contribution in [3.05, 3.63) is 69.3 Å². The molecular weight excluding hydrogens is 406 g/mol. The van der Waals surface area contributed by atoms with Gasteiger partial charge in [-0.1, -0.05) is 47.2 Å². The second-order valence-electron chi connectivity index (χ2n) is 6.72. The van der Waals surface area contributed by atoms with Crippen LogP contribution < -0.4 is 10.6 Å². The molecule has 2 amide bonds. The van der Waals surface area contributed by atoms with E-state index >= 15 is 0 Å². The summed E-state index contributed by atoms with van der Waals surface area (Å²) in [5.41, 5.74) is 2.41. The number of aryl methyl sites for hydroxylation is 2. The van der Waals surface area contributed by atoms with E-state index in [1.807, 2.05) is 31.2 Å². The average molecular weight is 425 g/mol. The number of hydrogen-bond acceptors (Lipinski definition) is 7. The fourth-order valence-electron chi connectivity index (χ4n) is 2.59. The van der Waals surface area contributed by atoms with Gasteiger partial charge in [-0.15, -0.1) is 10.2 Å². The lowest BCUT2D eigenvalue weighted by Crippen LogP contribution is -2.41. The van der Waals surface area contributed by atoms with Crippen molar-refractivity contribution in [3.63, 3.8) is 0 Å². The predicted octanol–water partition coefficient (Wildman–Crippen LogP) is 3.49. The molecule has 0 aliphatic heterocycles. The summed E-state index contributed by atoms with van der Waals surface area (Å²) in [6, 6.07) is 11.0. The van der Waals surface area contributed by atoms with E-state index in [-0.39, 0.29) is 11.3 Å². The lowest BCUT2D eigenvalue weighted by atomic mass is 10.1. The van der Waals surface area contributed by atoms with Crippen LogP contribution in [-0.4, -0.2) is 33.0 Å². The number of nitrogens with zero attached hydrogens (tertiary/aromatic N) is 3. The fourth-order valence-corrected chi connectivity index (χ4v) is 3.35. The molecule has 2 N–H and O–H groups in total. The number of rotatable bonds is 6. The van der Waals surface area contributed by atoms with Gasteiger partial charge in [0.2, 0.25) is 11.0 Å². The van der Waals surface area contributed by atoms with Crippen LogP contribution in [0.1, 0.15) is 28.4 Å². The van der Waals surface area contributed by atoms with Crippen molar-refractivity contribution in [3.8, 4) is 10.6 Å². The Hall–Kier alpha value is -3.66. The number of amides is 2. The number of carbonyl (C=O) groups is 2. The van der Waals surface area contributed by atoms with Gasteiger partial charge in [0.15, 0.2) is 0 Å². The van der Waals surface area contributed by atoms with Crippen LogP contribution in [0, 0.1) is 24.0 Å². The van der Waals surface area contributed by atoms with Crippen LogP contribution in [0.5, 0.6) is 0 Å². The molecule has 154 valence electrons. The second-order valence-corrected chi connectivity index (χ2v) is 7.70. The molecule has 2 aromatic carbocycles. The Bertz CT molecular complexity index is 1110. The van der Waals surface area contributed by atoms with Gasteiger partial charge in [0.1, 0.15) is 11.0 Å². The fraction of sp³-hybridized carbons (Fsp3) is 0.200. The third-order valence-electron chi connectivity index (χ3n) is 4.36. The highest BCUT2D eigenvalue weighted by atomic mass is 32.1. The Morgan fingerprint density at radius 3 is 2.47 bits per heavy atom. The largest absolute Gasteiger partial charge is 0.341 e. The van der Waals surface area contributed by atoms with Gasteiger partial charge in [0, 0.05) is 22.8 Å². The maximum atomic E-state index is 12.4. The van der Waals surface area contributed by atoms with Crippen LogP contribution in [0.3, 0.4) is 0 Å². The summed E-state index contributed by atoms with van der Waals surface area (Å²) in [5, 5.41) is 25.2. The molecule has 0 aliphatic rings. The first-order chi connectivity index (χ1) is 14.2. The molecule has 30 heavy (non-hydrogen) atoms. The maximum absolute atomic E-state index is 12.4. The molecule has 0 radical (unpaired) electrons. The van der Waals surface area contributed by atoms with Crippen LogP contribution in [0.25, 0.3) is 10.6 Å². The highest BCUT2D eigenvalue weighted by molar-refractivity contribution is 7.18. The van der Waals surface area contributed by atoms with Crippen LogP contribution in [0.2, 0.25) is 0 Å². The molecule has 1 atom stereocenters. The maximum Gasteiger partial charge on any atom is 0.273 e. The number of nitro benzene ring substituents is 1. The monoisotopic (exact) mass is 425 g/mol. The van der Waals surface area contributed by atoms with Crippen LogP contribution >= 0.6 is 11.3 Å². The average Bonchev–Trinajstić information content (AvgIpc) is 3.16. The molecule has 0 bridgehead atoms. The van der Waals surface area contributed by atoms with Crippen molar-refractivity contribution < 1.29 is 14.5 Å². The Kier molecular flexibility index (Phi) is 6.17. The van der Waals surface area contributed by atoms with E-state index in [0.717, 1.165) is 11.1 Å². The Morgan fingerprint density at radius 2 is 1.80 bits per heavy atom. The predicted molar refractivity (Wildman–Crippen MR) is 113 cm³/mol. The van der Waals surface area contributed by atoms with E-state index in [4.69, 9.17) is 0 Å². The van der Waals surface area contributed by atoms with E-state index in [1.165, 1.54) is 36.5 Å². The summed E-state index contributed by atoms with van der Waals surface area (Å²) in [6.07, 6.45) is 0.